The summed E-state index contributed by atoms with van der Waals surface area (Å²) in [5.74, 6) is 0.841. The molecule has 2 heteroatoms. The van der Waals surface area contributed by atoms with Gasteiger partial charge in [0.25, 0.3) is 0 Å². The molecule has 0 amide bonds. The largest absolute Gasteiger partial charge is 0.320 e. The van der Waals surface area contributed by atoms with Crippen LogP contribution in [0.2, 0.25) is 0 Å². The van der Waals surface area contributed by atoms with E-state index < -0.39 is 0 Å². The lowest BCUT2D eigenvalue weighted by Crippen LogP contribution is -2.37. The third-order valence-corrected chi connectivity index (χ3v) is 2.79. The van der Waals surface area contributed by atoms with E-state index in [4.69, 9.17) is 0 Å². The molecule has 0 heterocycles. The van der Waals surface area contributed by atoms with Gasteiger partial charge in [-0.3, -0.25) is 0 Å². The Morgan fingerprint density at radius 3 is 2.08 bits per heavy atom. The summed E-state index contributed by atoms with van der Waals surface area (Å²) in [6, 6.07) is 0.701. The quantitative estimate of drug-likeness (QED) is 0.606. The smallest absolute Gasteiger partial charge is 0.0107 e. The van der Waals surface area contributed by atoms with Gasteiger partial charge < -0.3 is 10.6 Å². The van der Waals surface area contributed by atoms with Crippen LogP contribution in [-0.4, -0.2) is 26.2 Å². The Labute approximate surface area is 83.5 Å². The van der Waals surface area contributed by atoms with Crippen molar-refractivity contribution in [3.63, 3.8) is 0 Å². The molecule has 0 saturated carbocycles. The van der Waals surface area contributed by atoms with E-state index in [1.807, 2.05) is 7.05 Å². The van der Waals surface area contributed by atoms with Crippen molar-refractivity contribution in [3.8, 4) is 0 Å². The second-order valence-electron chi connectivity index (χ2n) is 3.63. The highest BCUT2D eigenvalue weighted by Gasteiger charge is 2.16. The zero-order valence-corrected chi connectivity index (χ0v) is 9.69. The van der Waals surface area contributed by atoms with Gasteiger partial charge in [-0.2, -0.15) is 0 Å². The summed E-state index contributed by atoms with van der Waals surface area (Å²) < 4.78 is 0. The minimum Gasteiger partial charge on any atom is -0.320 e. The topological polar surface area (TPSA) is 24.1 Å². The standard InChI is InChI=1S/C11H26N2/c1-5-10(6-2)11(13-7-3)8-9-12-4/h10-13H,5-9H2,1-4H3. The Hall–Kier alpha value is -0.0800. The maximum absolute atomic E-state index is 3.58. The molecule has 0 spiro atoms. The van der Waals surface area contributed by atoms with Gasteiger partial charge in [0.15, 0.2) is 0 Å². The fourth-order valence-electron chi connectivity index (χ4n) is 1.92. The van der Waals surface area contributed by atoms with E-state index >= 15 is 0 Å². The molecule has 0 aliphatic heterocycles. The van der Waals surface area contributed by atoms with Crippen LogP contribution in [0.15, 0.2) is 0 Å². The second-order valence-corrected chi connectivity index (χ2v) is 3.63. The van der Waals surface area contributed by atoms with Gasteiger partial charge in [-0.1, -0.05) is 33.6 Å². The molecule has 0 aliphatic rings. The summed E-state index contributed by atoms with van der Waals surface area (Å²) >= 11 is 0. The van der Waals surface area contributed by atoms with E-state index in [2.05, 4.69) is 31.4 Å². The van der Waals surface area contributed by atoms with E-state index in [1.54, 1.807) is 0 Å². The van der Waals surface area contributed by atoms with Crippen molar-refractivity contribution < 1.29 is 0 Å². The SMILES string of the molecule is CCNC(CCNC)C(CC)CC. The first-order valence-corrected chi connectivity index (χ1v) is 5.68. The molecule has 0 aromatic rings. The highest BCUT2D eigenvalue weighted by Crippen LogP contribution is 2.15. The van der Waals surface area contributed by atoms with Crippen LogP contribution < -0.4 is 10.6 Å². The van der Waals surface area contributed by atoms with Crippen LogP contribution in [0, 0.1) is 5.92 Å². The van der Waals surface area contributed by atoms with E-state index in [0.717, 1.165) is 19.0 Å². The van der Waals surface area contributed by atoms with E-state index in [9.17, 15) is 0 Å². The number of nitrogens with one attached hydrogen (secondary N) is 2. The monoisotopic (exact) mass is 186 g/mol. The lowest BCUT2D eigenvalue weighted by Gasteiger charge is -2.26. The molecular weight excluding hydrogens is 160 g/mol. The van der Waals surface area contributed by atoms with Gasteiger partial charge in [0.2, 0.25) is 0 Å². The van der Waals surface area contributed by atoms with Gasteiger partial charge in [0, 0.05) is 6.04 Å². The summed E-state index contributed by atoms with van der Waals surface area (Å²) in [5, 5.41) is 6.80. The Morgan fingerprint density at radius 2 is 1.69 bits per heavy atom. The highest BCUT2D eigenvalue weighted by atomic mass is 14.9. The van der Waals surface area contributed by atoms with Crippen LogP contribution >= 0.6 is 0 Å². The molecule has 80 valence electrons. The summed E-state index contributed by atoms with van der Waals surface area (Å²) in [6.07, 6.45) is 3.83. The minimum atomic E-state index is 0.701. The van der Waals surface area contributed by atoms with Crippen molar-refractivity contribution in [2.45, 2.75) is 46.1 Å². The second kappa shape index (κ2) is 8.52. The van der Waals surface area contributed by atoms with Gasteiger partial charge in [-0.05, 0) is 32.5 Å². The van der Waals surface area contributed by atoms with Crippen molar-refractivity contribution in [3.05, 3.63) is 0 Å². The Bertz CT molecular complexity index is 100. The van der Waals surface area contributed by atoms with E-state index in [0.29, 0.717) is 6.04 Å². The summed E-state index contributed by atoms with van der Waals surface area (Å²) in [4.78, 5) is 0. The van der Waals surface area contributed by atoms with Gasteiger partial charge in [0.1, 0.15) is 0 Å². The molecule has 0 fully saturated rings. The predicted octanol–water partition coefficient (Wildman–Crippen LogP) is 2.01. The van der Waals surface area contributed by atoms with E-state index in [-0.39, 0.29) is 0 Å². The van der Waals surface area contributed by atoms with Crippen molar-refractivity contribution in [1.82, 2.24) is 10.6 Å². The summed E-state index contributed by atoms with van der Waals surface area (Å²) in [5.41, 5.74) is 0. The zero-order chi connectivity index (χ0) is 10.1. The first-order valence-electron chi connectivity index (χ1n) is 5.68. The normalized spacial score (nSPS) is 13.6. The third-order valence-electron chi connectivity index (χ3n) is 2.79. The lowest BCUT2D eigenvalue weighted by atomic mass is 9.92. The third kappa shape index (κ3) is 5.27. The average Bonchev–Trinajstić information content (AvgIpc) is 2.16. The first kappa shape index (κ1) is 12.9. The Morgan fingerprint density at radius 1 is 1.08 bits per heavy atom. The Balaban J connectivity index is 3.88. The molecule has 0 aromatic carbocycles. The van der Waals surface area contributed by atoms with Crippen LogP contribution in [0.4, 0.5) is 0 Å². The van der Waals surface area contributed by atoms with Crippen LogP contribution in [-0.2, 0) is 0 Å². The number of hydrogen-bond acceptors (Lipinski definition) is 2. The molecule has 2 nitrogen and oxygen atoms in total. The highest BCUT2D eigenvalue weighted by molar-refractivity contribution is 4.74. The van der Waals surface area contributed by atoms with Gasteiger partial charge in [-0.15, -0.1) is 0 Å². The molecule has 1 unspecified atom stereocenters. The molecule has 1 atom stereocenters. The molecule has 0 rings (SSSR count). The average molecular weight is 186 g/mol. The number of hydrogen-bond donors (Lipinski definition) is 2. The van der Waals surface area contributed by atoms with Gasteiger partial charge in [-0.25, -0.2) is 0 Å². The van der Waals surface area contributed by atoms with Crippen molar-refractivity contribution in [1.29, 1.82) is 0 Å². The maximum Gasteiger partial charge on any atom is 0.0107 e. The van der Waals surface area contributed by atoms with Crippen LogP contribution in [0.5, 0.6) is 0 Å². The number of rotatable bonds is 8. The summed E-state index contributed by atoms with van der Waals surface area (Å²) in [6.45, 7) is 8.98. The molecule has 0 saturated heterocycles. The first-order chi connectivity index (χ1) is 6.29. The van der Waals surface area contributed by atoms with Crippen LogP contribution in [0.1, 0.15) is 40.0 Å². The van der Waals surface area contributed by atoms with E-state index in [1.165, 1.54) is 19.3 Å². The molecule has 13 heavy (non-hydrogen) atoms. The van der Waals surface area contributed by atoms with Crippen molar-refractivity contribution in [2.24, 2.45) is 5.92 Å². The van der Waals surface area contributed by atoms with Crippen molar-refractivity contribution in [2.75, 3.05) is 20.1 Å². The fraction of sp³-hybridized carbons (Fsp3) is 1.00. The van der Waals surface area contributed by atoms with Crippen molar-refractivity contribution >= 4 is 0 Å². The molecule has 0 radical (unpaired) electrons. The van der Waals surface area contributed by atoms with Crippen LogP contribution in [0.25, 0.3) is 0 Å². The zero-order valence-electron chi connectivity index (χ0n) is 9.69. The molecule has 0 aliphatic carbocycles. The van der Waals surface area contributed by atoms with Crippen LogP contribution in [0.3, 0.4) is 0 Å². The minimum absolute atomic E-state index is 0.701. The molecular formula is C11H26N2. The lowest BCUT2D eigenvalue weighted by molar-refractivity contribution is 0.321. The molecule has 0 bridgehead atoms. The molecule has 0 aromatic heterocycles. The summed E-state index contributed by atoms with van der Waals surface area (Å²) in [7, 11) is 2.02. The Kier molecular flexibility index (Phi) is 8.46. The van der Waals surface area contributed by atoms with Gasteiger partial charge in [0.05, 0.1) is 0 Å². The fourth-order valence-corrected chi connectivity index (χ4v) is 1.92. The predicted molar refractivity (Wildman–Crippen MR) is 60.1 cm³/mol. The maximum atomic E-state index is 3.58. The molecule has 2 N–H and O–H groups in total. The van der Waals surface area contributed by atoms with Gasteiger partial charge >= 0.3 is 0 Å².